The van der Waals surface area contributed by atoms with E-state index in [9.17, 15) is 13.2 Å². The molecule has 0 aliphatic heterocycles. The van der Waals surface area contributed by atoms with Crippen molar-refractivity contribution in [2.45, 2.75) is 0 Å². The average molecular weight is 594 g/mol. The number of amides is 1. The van der Waals surface area contributed by atoms with Crippen molar-refractivity contribution < 1.29 is 22.7 Å². The highest BCUT2D eigenvalue weighted by Crippen LogP contribution is 2.42. The zero-order valence-corrected chi connectivity index (χ0v) is 24.1. The maximum absolute atomic E-state index is 14.0. The number of fused-ring (bicyclic) bond motifs is 1. The third kappa shape index (κ3) is 5.60. The number of carbonyl (C=O) groups is 1. The first-order chi connectivity index (χ1) is 19.2. The Morgan fingerprint density at radius 1 is 0.900 bits per heavy atom. The monoisotopic (exact) mass is 593 g/mol. The molecule has 0 aliphatic carbocycles. The van der Waals surface area contributed by atoms with E-state index in [0.717, 1.165) is 17.4 Å². The standard InChI is InChI=1S/C29H24ClN3O5S2/c1-37-24-14-13-20(17-25(24)38-2)33(28(34)21-11-7-8-12-22(21)30)29-31-27-23(32-40(3,35)36)15-19(16-26(27)39-29)18-9-5-4-6-10-18/h4-17,32H,1-3H3. The molecule has 0 radical (unpaired) electrons. The molecule has 1 N–H and O–H groups in total. The topological polar surface area (TPSA) is 97.8 Å². The molecule has 0 bridgehead atoms. The van der Waals surface area contributed by atoms with Crippen LogP contribution in [0.1, 0.15) is 10.4 Å². The number of nitrogens with zero attached hydrogens (tertiary/aromatic N) is 2. The molecule has 11 heteroatoms. The van der Waals surface area contributed by atoms with Gasteiger partial charge in [0.2, 0.25) is 10.0 Å². The summed E-state index contributed by atoms with van der Waals surface area (Å²) in [4.78, 5) is 20.2. The first kappa shape index (κ1) is 27.4. The van der Waals surface area contributed by atoms with Crippen molar-refractivity contribution in [1.82, 2.24) is 4.98 Å². The van der Waals surface area contributed by atoms with Crippen LogP contribution in [0.4, 0.5) is 16.5 Å². The second-order valence-electron chi connectivity index (χ2n) is 8.77. The largest absolute Gasteiger partial charge is 0.493 e. The average Bonchev–Trinajstić information content (AvgIpc) is 3.37. The summed E-state index contributed by atoms with van der Waals surface area (Å²) >= 11 is 7.67. The van der Waals surface area contributed by atoms with Gasteiger partial charge in [-0.3, -0.25) is 14.4 Å². The highest BCUT2D eigenvalue weighted by Gasteiger charge is 2.27. The molecule has 0 atom stereocenters. The van der Waals surface area contributed by atoms with Gasteiger partial charge in [-0.15, -0.1) is 0 Å². The Kier molecular flexibility index (Phi) is 7.66. The lowest BCUT2D eigenvalue weighted by molar-refractivity contribution is 0.0999. The second kappa shape index (κ2) is 11.2. The van der Waals surface area contributed by atoms with Crippen LogP contribution in [0, 0.1) is 0 Å². The van der Waals surface area contributed by atoms with Gasteiger partial charge in [-0.05, 0) is 47.5 Å². The highest BCUT2D eigenvalue weighted by molar-refractivity contribution is 7.92. The maximum Gasteiger partial charge on any atom is 0.266 e. The number of benzene rings is 4. The number of thiazole rings is 1. The molecule has 4 aromatic carbocycles. The molecule has 0 unspecified atom stereocenters. The van der Waals surface area contributed by atoms with E-state index in [0.29, 0.717) is 38.2 Å². The Balaban J connectivity index is 1.74. The van der Waals surface area contributed by atoms with E-state index in [1.807, 2.05) is 36.4 Å². The number of ether oxygens (including phenoxy) is 2. The van der Waals surface area contributed by atoms with E-state index in [1.165, 1.54) is 30.5 Å². The van der Waals surface area contributed by atoms with Gasteiger partial charge in [0.1, 0.15) is 5.52 Å². The highest BCUT2D eigenvalue weighted by atomic mass is 35.5. The fourth-order valence-electron chi connectivity index (χ4n) is 4.22. The number of halogens is 1. The van der Waals surface area contributed by atoms with Crippen molar-refractivity contribution in [2.24, 2.45) is 0 Å². The van der Waals surface area contributed by atoms with Crippen LogP contribution in [-0.4, -0.2) is 39.8 Å². The molecule has 0 saturated carbocycles. The van der Waals surface area contributed by atoms with Crippen LogP contribution in [-0.2, 0) is 10.0 Å². The second-order valence-corrected chi connectivity index (χ2v) is 11.9. The first-order valence-electron chi connectivity index (χ1n) is 12.0. The van der Waals surface area contributed by atoms with Gasteiger partial charge in [-0.25, -0.2) is 13.4 Å². The van der Waals surface area contributed by atoms with Crippen molar-refractivity contribution in [3.8, 4) is 22.6 Å². The van der Waals surface area contributed by atoms with Gasteiger partial charge in [0.15, 0.2) is 16.6 Å². The number of hydrogen-bond acceptors (Lipinski definition) is 7. The molecule has 0 aliphatic rings. The number of anilines is 3. The minimum Gasteiger partial charge on any atom is -0.493 e. The smallest absolute Gasteiger partial charge is 0.266 e. The van der Waals surface area contributed by atoms with Gasteiger partial charge in [-0.2, -0.15) is 0 Å². The lowest BCUT2D eigenvalue weighted by atomic mass is 10.0. The summed E-state index contributed by atoms with van der Waals surface area (Å²) in [6.45, 7) is 0. The minimum atomic E-state index is -3.63. The quantitative estimate of drug-likeness (QED) is 0.208. The van der Waals surface area contributed by atoms with E-state index in [4.69, 9.17) is 26.1 Å². The molecule has 40 heavy (non-hydrogen) atoms. The fraction of sp³-hybridized carbons (Fsp3) is 0.103. The summed E-state index contributed by atoms with van der Waals surface area (Å²) in [5, 5.41) is 0.596. The number of carbonyl (C=O) groups excluding carboxylic acids is 1. The van der Waals surface area contributed by atoms with Crippen molar-refractivity contribution in [1.29, 1.82) is 0 Å². The Morgan fingerprint density at radius 2 is 1.60 bits per heavy atom. The van der Waals surface area contributed by atoms with Gasteiger partial charge in [0.05, 0.1) is 47.1 Å². The minimum absolute atomic E-state index is 0.276. The molecule has 204 valence electrons. The van der Waals surface area contributed by atoms with E-state index >= 15 is 0 Å². The first-order valence-corrected chi connectivity index (χ1v) is 15.1. The summed E-state index contributed by atoms with van der Waals surface area (Å²) in [7, 11) is -0.592. The van der Waals surface area contributed by atoms with E-state index in [-0.39, 0.29) is 10.6 Å². The molecular weight excluding hydrogens is 570 g/mol. The summed E-state index contributed by atoms with van der Waals surface area (Å²) < 4.78 is 38.7. The lowest BCUT2D eigenvalue weighted by Crippen LogP contribution is -2.26. The number of methoxy groups -OCH3 is 2. The molecule has 1 heterocycles. The van der Waals surface area contributed by atoms with Crippen molar-refractivity contribution >= 4 is 65.6 Å². The van der Waals surface area contributed by atoms with Gasteiger partial charge in [-0.1, -0.05) is 65.4 Å². The van der Waals surface area contributed by atoms with E-state index < -0.39 is 15.9 Å². The number of aromatic nitrogens is 1. The molecule has 1 amide bonds. The zero-order chi connectivity index (χ0) is 28.4. The number of rotatable bonds is 8. The maximum atomic E-state index is 14.0. The Bertz CT molecular complexity index is 1820. The fourth-order valence-corrected chi connectivity index (χ4v) is 6.04. The Labute approximate surface area is 240 Å². The summed E-state index contributed by atoms with van der Waals surface area (Å²) in [6, 6.07) is 25.1. The predicted molar refractivity (Wildman–Crippen MR) is 161 cm³/mol. The number of nitrogens with one attached hydrogen (secondary N) is 1. The zero-order valence-electron chi connectivity index (χ0n) is 21.7. The number of sulfonamides is 1. The predicted octanol–water partition coefficient (Wildman–Crippen LogP) is 6.98. The van der Waals surface area contributed by atoms with Gasteiger partial charge in [0, 0.05) is 6.07 Å². The van der Waals surface area contributed by atoms with E-state index in [2.05, 4.69) is 4.72 Å². The van der Waals surface area contributed by atoms with Crippen molar-refractivity contribution in [3.05, 3.63) is 95.5 Å². The van der Waals surface area contributed by atoms with Gasteiger partial charge >= 0.3 is 0 Å². The summed E-state index contributed by atoms with van der Waals surface area (Å²) in [5.41, 5.74) is 3.14. The molecular formula is C29H24ClN3O5S2. The van der Waals surface area contributed by atoms with Gasteiger partial charge in [0.25, 0.3) is 5.91 Å². The molecule has 5 aromatic rings. The van der Waals surface area contributed by atoms with Crippen molar-refractivity contribution in [2.75, 3.05) is 30.1 Å². The molecule has 0 spiro atoms. The van der Waals surface area contributed by atoms with Gasteiger partial charge < -0.3 is 9.47 Å². The molecule has 1 aromatic heterocycles. The van der Waals surface area contributed by atoms with E-state index in [1.54, 1.807) is 48.5 Å². The molecule has 0 saturated heterocycles. The summed E-state index contributed by atoms with van der Waals surface area (Å²) in [5.74, 6) is 0.495. The third-order valence-electron chi connectivity index (χ3n) is 6.01. The lowest BCUT2D eigenvalue weighted by Gasteiger charge is -2.22. The molecule has 0 fully saturated rings. The van der Waals surface area contributed by atoms with Crippen LogP contribution in [0.15, 0.2) is 84.9 Å². The Morgan fingerprint density at radius 3 is 2.27 bits per heavy atom. The van der Waals surface area contributed by atoms with Crippen LogP contribution < -0.4 is 19.1 Å². The van der Waals surface area contributed by atoms with Crippen LogP contribution in [0.25, 0.3) is 21.3 Å². The number of hydrogen-bond donors (Lipinski definition) is 1. The normalized spacial score (nSPS) is 11.3. The molecule has 5 rings (SSSR count). The summed E-state index contributed by atoms with van der Waals surface area (Å²) in [6.07, 6.45) is 1.08. The SMILES string of the molecule is COc1ccc(N(C(=O)c2ccccc2Cl)c2nc3c(NS(C)(=O)=O)cc(-c4ccccc4)cc3s2)cc1OC. The molecule has 8 nitrogen and oxygen atoms in total. The van der Waals surface area contributed by atoms with Crippen molar-refractivity contribution in [3.63, 3.8) is 0 Å². The van der Waals surface area contributed by atoms with Crippen LogP contribution >= 0.6 is 22.9 Å². The van der Waals surface area contributed by atoms with Crippen LogP contribution in [0.2, 0.25) is 5.02 Å². The van der Waals surface area contributed by atoms with Crippen LogP contribution in [0.5, 0.6) is 11.5 Å². The van der Waals surface area contributed by atoms with Crippen LogP contribution in [0.3, 0.4) is 0 Å². The third-order valence-corrected chi connectivity index (χ3v) is 7.92. The Hall–Kier alpha value is -4.12.